The van der Waals surface area contributed by atoms with E-state index in [1.165, 1.54) is 50.2 Å². The van der Waals surface area contributed by atoms with Gasteiger partial charge in [-0.2, -0.15) is 0 Å². The molecule has 0 bridgehead atoms. The van der Waals surface area contributed by atoms with E-state index in [2.05, 4.69) is 17.2 Å². The molecular weight excluding hydrogens is 440 g/mol. The van der Waals surface area contributed by atoms with Crippen LogP contribution in [0.4, 0.5) is 4.79 Å². The molecule has 8 heteroatoms. The summed E-state index contributed by atoms with van der Waals surface area (Å²) >= 11 is 1.50. The van der Waals surface area contributed by atoms with Crippen molar-refractivity contribution in [1.29, 1.82) is 0 Å². The van der Waals surface area contributed by atoms with Crippen molar-refractivity contribution < 1.29 is 23.8 Å². The van der Waals surface area contributed by atoms with Crippen molar-refractivity contribution in [3.05, 3.63) is 41.7 Å². The van der Waals surface area contributed by atoms with Crippen LogP contribution in [-0.4, -0.2) is 36.4 Å². The molecule has 2 aromatic rings. The summed E-state index contributed by atoms with van der Waals surface area (Å²) in [6.07, 6.45) is 8.55. The van der Waals surface area contributed by atoms with Gasteiger partial charge >= 0.3 is 12.1 Å². The van der Waals surface area contributed by atoms with E-state index in [0.29, 0.717) is 6.61 Å². The third-order valence-corrected chi connectivity index (χ3v) is 5.45. The third-order valence-electron chi connectivity index (χ3n) is 4.49. The van der Waals surface area contributed by atoms with Gasteiger partial charge in [0.05, 0.1) is 19.9 Å². The Bertz CT molecular complexity index is 929. The molecule has 0 saturated heterocycles. The highest BCUT2D eigenvalue weighted by Crippen LogP contribution is 2.30. The summed E-state index contributed by atoms with van der Waals surface area (Å²) < 4.78 is 15.8. The molecule has 180 valence electrons. The van der Waals surface area contributed by atoms with Crippen LogP contribution in [0.1, 0.15) is 65.4 Å². The van der Waals surface area contributed by atoms with Gasteiger partial charge in [-0.15, -0.1) is 0 Å². The lowest BCUT2D eigenvalue weighted by atomic mass is 10.1. The molecule has 0 aliphatic heterocycles. The van der Waals surface area contributed by atoms with Gasteiger partial charge in [0.25, 0.3) is 0 Å². The minimum atomic E-state index is -0.726. The van der Waals surface area contributed by atoms with E-state index < -0.39 is 17.7 Å². The number of carbonyl (C=O) groups is 2. The molecule has 0 aliphatic rings. The Labute approximate surface area is 200 Å². The van der Waals surface area contributed by atoms with Crippen molar-refractivity contribution >= 4 is 29.5 Å². The van der Waals surface area contributed by atoms with Crippen LogP contribution in [0.3, 0.4) is 0 Å². The fraction of sp³-hybridized carbons (Fsp3) is 0.480. The summed E-state index contributed by atoms with van der Waals surface area (Å²) in [5.74, 6) is -0.665. The number of thiazole rings is 1. The second kappa shape index (κ2) is 13.0. The number of ether oxygens (including phenoxy) is 3. The molecule has 1 aromatic heterocycles. The van der Waals surface area contributed by atoms with Gasteiger partial charge in [-0.05, 0) is 38.8 Å². The van der Waals surface area contributed by atoms with E-state index in [9.17, 15) is 9.59 Å². The molecule has 0 radical (unpaired) electrons. The van der Waals surface area contributed by atoms with Crippen LogP contribution >= 0.6 is 11.3 Å². The number of alkyl carbamates (subject to hydrolysis) is 1. The Kier molecular flexibility index (Phi) is 10.4. The second-order valence-corrected chi connectivity index (χ2v) is 9.54. The van der Waals surface area contributed by atoms with E-state index >= 15 is 0 Å². The molecular formula is C25H34N2O5S. The zero-order chi connectivity index (χ0) is 24.3. The summed E-state index contributed by atoms with van der Waals surface area (Å²) in [6.45, 7) is 8.15. The second-order valence-electron chi connectivity index (χ2n) is 8.55. The number of nitrogens with zero attached hydrogens (tertiary/aromatic N) is 1. The highest BCUT2D eigenvalue weighted by molar-refractivity contribution is 7.16. The van der Waals surface area contributed by atoms with E-state index in [1.807, 2.05) is 24.3 Å². The highest BCUT2D eigenvalue weighted by atomic mass is 32.1. The first-order valence-electron chi connectivity index (χ1n) is 11.2. The van der Waals surface area contributed by atoms with Gasteiger partial charge in [-0.3, -0.25) is 5.32 Å². The molecule has 33 heavy (non-hydrogen) atoms. The molecule has 0 spiro atoms. The fourth-order valence-electron chi connectivity index (χ4n) is 2.90. The predicted octanol–water partition coefficient (Wildman–Crippen LogP) is 6.20. The normalized spacial score (nSPS) is 11.7. The van der Waals surface area contributed by atoms with Gasteiger partial charge in [0, 0.05) is 5.56 Å². The van der Waals surface area contributed by atoms with Crippen molar-refractivity contribution in [1.82, 2.24) is 10.3 Å². The Morgan fingerprint density at radius 1 is 1.09 bits per heavy atom. The Hall–Kier alpha value is -2.87. The lowest BCUT2D eigenvalue weighted by molar-refractivity contribution is -0.136. The summed E-state index contributed by atoms with van der Waals surface area (Å²) in [7, 11) is 1.25. The van der Waals surface area contributed by atoms with Gasteiger partial charge in [0.1, 0.15) is 16.3 Å². The number of esters is 1. The number of carbonyl (C=O) groups excluding carboxylic acids is 2. The minimum absolute atomic E-state index is 0.0108. The first kappa shape index (κ1) is 26.4. The van der Waals surface area contributed by atoms with Crippen LogP contribution in [0.5, 0.6) is 5.06 Å². The number of amides is 1. The zero-order valence-electron chi connectivity index (χ0n) is 20.1. The van der Waals surface area contributed by atoms with Crippen LogP contribution in [0.25, 0.3) is 16.6 Å². The summed E-state index contributed by atoms with van der Waals surface area (Å²) in [4.78, 5) is 28.6. The molecule has 1 heterocycles. The monoisotopic (exact) mass is 474 g/mol. The Balaban J connectivity index is 2.01. The smallest absolute Gasteiger partial charge is 0.412 e. The summed E-state index contributed by atoms with van der Waals surface area (Å²) in [5, 5.41) is 4.11. The number of hydrogen-bond acceptors (Lipinski definition) is 7. The molecule has 0 fully saturated rings. The first-order chi connectivity index (χ1) is 15.7. The standard InChI is InChI=1S/C25H34N2O5S/c1-6-7-8-9-10-15-31-21-17-26-22(33-21)19-13-11-18(12-14-19)16-20(23(28)30-5)27-24(29)32-25(2,3)4/h11-14,16-17H,6-10,15H2,1-5H3,(H,27,29)/b20-16-. The van der Waals surface area contributed by atoms with E-state index in [0.717, 1.165) is 27.6 Å². The van der Waals surface area contributed by atoms with Gasteiger partial charge in [-0.1, -0.05) is 68.2 Å². The Morgan fingerprint density at radius 3 is 2.42 bits per heavy atom. The molecule has 1 aromatic carbocycles. The number of unbranched alkanes of at least 4 members (excludes halogenated alkanes) is 4. The molecule has 0 atom stereocenters. The minimum Gasteiger partial charge on any atom is -0.483 e. The topological polar surface area (TPSA) is 86.8 Å². The van der Waals surface area contributed by atoms with Crippen LogP contribution < -0.4 is 10.1 Å². The van der Waals surface area contributed by atoms with Crippen LogP contribution in [0, 0.1) is 0 Å². The molecule has 0 saturated carbocycles. The largest absolute Gasteiger partial charge is 0.483 e. The summed E-state index contributed by atoms with van der Waals surface area (Å²) in [6, 6.07) is 7.48. The van der Waals surface area contributed by atoms with Crippen LogP contribution in [0.2, 0.25) is 0 Å². The van der Waals surface area contributed by atoms with E-state index in [-0.39, 0.29) is 5.70 Å². The number of methoxy groups -OCH3 is 1. The molecule has 1 amide bonds. The van der Waals surface area contributed by atoms with Gasteiger partial charge < -0.3 is 14.2 Å². The average Bonchev–Trinajstić information content (AvgIpc) is 3.23. The molecule has 0 aliphatic carbocycles. The van der Waals surface area contributed by atoms with Crippen molar-refractivity contribution in [3.63, 3.8) is 0 Å². The van der Waals surface area contributed by atoms with E-state index in [4.69, 9.17) is 14.2 Å². The van der Waals surface area contributed by atoms with Crippen molar-refractivity contribution in [3.8, 4) is 15.6 Å². The van der Waals surface area contributed by atoms with E-state index in [1.54, 1.807) is 27.0 Å². The number of benzene rings is 1. The van der Waals surface area contributed by atoms with Crippen molar-refractivity contribution in [2.24, 2.45) is 0 Å². The fourth-order valence-corrected chi connectivity index (χ4v) is 3.69. The molecule has 7 nitrogen and oxygen atoms in total. The number of hydrogen-bond donors (Lipinski definition) is 1. The third kappa shape index (κ3) is 9.65. The number of nitrogens with one attached hydrogen (secondary N) is 1. The predicted molar refractivity (Wildman–Crippen MR) is 131 cm³/mol. The lowest BCUT2D eigenvalue weighted by Crippen LogP contribution is -2.34. The van der Waals surface area contributed by atoms with Gasteiger partial charge in [0.2, 0.25) is 0 Å². The quantitative estimate of drug-likeness (QED) is 0.237. The molecule has 0 unspecified atom stereocenters. The lowest BCUT2D eigenvalue weighted by Gasteiger charge is -2.20. The average molecular weight is 475 g/mol. The first-order valence-corrected chi connectivity index (χ1v) is 12.0. The maximum absolute atomic E-state index is 12.1. The van der Waals surface area contributed by atoms with Gasteiger partial charge in [0.15, 0.2) is 5.06 Å². The maximum atomic E-state index is 12.1. The van der Waals surface area contributed by atoms with Crippen molar-refractivity contribution in [2.45, 2.75) is 65.4 Å². The zero-order valence-corrected chi connectivity index (χ0v) is 20.9. The van der Waals surface area contributed by atoms with Crippen molar-refractivity contribution in [2.75, 3.05) is 13.7 Å². The maximum Gasteiger partial charge on any atom is 0.412 e. The van der Waals surface area contributed by atoms with Crippen LogP contribution in [0.15, 0.2) is 36.2 Å². The molecule has 1 N–H and O–H groups in total. The highest BCUT2D eigenvalue weighted by Gasteiger charge is 2.20. The van der Waals surface area contributed by atoms with Gasteiger partial charge in [-0.25, -0.2) is 14.6 Å². The number of rotatable bonds is 11. The SMILES string of the molecule is CCCCCCCOc1cnc(-c2ccc(/C=C(\NC(=O)OC(C)(C)C)C(=O)OC)cc2)s1. The molecule has 2 rings (SSSR count). The Morgan fingerprint density at radius 2 is 1.79 bits per heavy atom. The number of aromatic nitrogens is 1. The van der Waals surface area contributed by atoms with Crippen LogP contribution in [-0.2, 0) is 14.3 Å². The summed E-state index contributed by atoms with van der Waals surface area (Å²) in [5.41, 5.74) is 0.964.